The molecule has 160 valence electrons. The summed E-state index contributed by atoms with van der Waals surface area (Å²) in [4.78, 5) is 17.3. The van der Waals surface area contributed by atoms with Gasteiger partial charge in [0.15, 0.2) is 0 Å². The van der Waals surface area contributed by atoms with Crippen LogP contribution in [0, 0.1) is 0 Å². The lowest BCUT2D eigenvalue weighted by atomic mass is 10.0. The van der Waals surface area contributed by atoms with E-state index in [1.807, 2.05) is 36.4 Å². The molecule has 1 amide bonds. The summed E-state index contributed by atoms with van der Waals surface area (Å²) in [6.45, 7) is 2.08. The van der Waals surface area contributed by atoms with E-state index in [4.69, 9.17) is 23.2 Å². The van der Waals surface area contributed by atoms with Crippen LogP contribution < -0.4 is 10.2 Å². The number of halogens is 2. The van der Waals surface area contributed by atoms with E-state index >= 15 is 0 Å². The quantitative estimate of drug-likeness (QED) is 0.510. The highest BCUT2D eigenvalue weighted by Gasteiger charge is 2.24. The summed E-state index contributed by atoms with van der Waals surface area (Å²) in [5, 5.41) is 4.14. The standard InChI is InChI=1S/C25H25Cl2N3O/c1-29(2)24-11-12-30(16-24)23-9-7-22(8-10-23)28-25(31)18-5-3-17(4-6-18)19-13-20(26)15-21(27)14-19/h3-10,13-15,24H,11-12,16H2,1-2H3,(H,28,31). The highest BCUT2D eigenvalue weighted by atomic mass is 35.5. The van der Waals surface area contributed by atoms with Crippen molar-refractivity contribution in [2.45, 2.75) is 12.5 Å². The third-order valence-corrected chi connectivity index (χ3v) is 6.16. The van der Waals surface area contributed by atoms with Gasteiger partial charge in [-0.25, -0.2) is 0 Å². The molecule has 0 bridgehead atoms. The summed E-state index contributed by atoms with van der Waals surface area (Å²) >= 11 is 12.2. The van der Waals surface area contributed by atoms with E-state index in [0.29, 0.717) is 21.7 Å². The third-order valence-electron chi connectivity index (χ3n) is 5.73. The summed E-state index contributed by atoms with van der Waals surface area (Å²) in [5.74, 6) is -0.141. The molecule has 1 aliphatic rings. The van der Waals surface area contributed by atoms with Crippen molar-refractivity contribution >= 4 is 40.5 Å². The first kappa shape index (κ1) is 21.7. The molecule has 3 aromatic carbocycles. The van der Waals surface area contributed by atoms with Crippen molar-refractivity contribution in [1.82, 2.24) is 4.90 Å². The fourth-order valence-electron chi connectivity index (χ4n) is 3.89. The number of rotatable bonds is 5. The van der Waals surface area contributed by atoms with Crippen LogP contribution in [0.15, 0.2) is 66.7 Å². The number of nitrogens with zero attached hydrogens (tertiary/aromatic N) is 2. The van der Waals surface area contributed by atoms with Gasteiger partial charge >= 0.3 is 0 Å². The maximum Gasteiger partial charge on any atom is 0.255 e. The van der Waals surface area contributed by atoms with Crippen LogP contribution in [0.5, 0.6) is 0 Å². The third kappa shape index (κ3) is 5.21. The van der Waals surface area contributed by atoms with Crippen LogP contribution in [0.2, 0.25) is 10.0 Å². The Bertz CT molecular complexity index is 1040. The van der Waals surface area contributed by atoms with Gasteiger partial charge < -0.3 is 15.1 Å². The van der Waals surface area contributed by atoms with Crippen LogP contribution in [0.1, 0.15) is 16.8 Å². The number of hydrogen-bond donors (Lipinski definition) is 1. The molecule has 4 rings (SSSR count). The molecule has 6 heteroatoms. The molecule has 31 heavy (non-hydrogen) atoms. The summed E-state index contributed by atoms with van der Waals surface area (Å²) in [6.07, 6.45) is 1.17. The number of amides is 1. The van der Waals surface area contributed by atoms with Gasteiger partial charge in [-0.2, -0.15) is 0 Å². The molecule has 0 spiro atoms. The van der Waals surface area contributed by atoms with Gasteiger partial charge in [-0.1, -0.05) is 35.3 Å². The lowest BCUT2D eigenvalue weighted by Gasteiger charge is -2.22. The Kier molecular flexibility index (Phi) is 6.51. The van der Waals surface area contributed by atoms with Crippen LogP contribution in [-0.4, -0.2) is 44.0 Å². The second-order valence-corrected chi connectivity index (χ2v) is 8.96. The van der Waals surface area contributed by atoms with Crippen LogP contribution >= 0.6 is 23.2 Å². The maximum absolute atomic E-state index is 12.7. The predicted octanol–water partition coefficient (Wildman–Crippen LogP) is 6.05. The highest BCUT2D eigenvalue weighted by molar-refractivity contribution is 6.35. The molecule has 0 saturated carbocycles. The summed E-state index contributed by atoms with van der Waals surface area (Å²) < 4.78 is 0. The molecule has 1 atom stereocenters. The average molecular weight is 454 g/mol. The lowest BCUT2D eigenvalue weighted by molar-refractivity contribution is 0.102. The lowest BCUT2D eigenvalue weighted by Crippen LogP contribution is -2.31. The topological polar surface area (TPSA) is 35.6 Å². The van der Waals surface area contributed by atoms with E-state index in [-0.39, 0.29) is 5.91 Å². The molecule has 0 radical (unpaired) electrons. The Balaban J connectivity index is 1.40. The molecule has 0 aliphatic carbocycles. The highest BCUT2D eigenvalue weighted by Crippen LogP contribution is 2.28. The Hall–Kier alpha value is -2.53. The molecule has 1 unspecified atom stereocenters. The Morgan fingerprint density at radius 1 is 0.935 bits per heavy atom. The first-order valence-electron chi connectivity index (χ1n) is 10.3. The Labute approximate surface area is 193 Å². The summed E-state index contributed by atoms with van der Waals surface area (Å²) in [7, 11) is 4.26. The molecular weight excluding hydrogens is 429 g/mol. The van der Waals surface area contributed by atoms with E-state index in [0.717, 1.165) is 29.9 Å². The van der Waals surface area contributed by atoms with Crippen LogP contribution in [0.3, 0.4) is 0 Å². The van der Waals surface area contributed by atoms with Crippen molar-refractivity contribution in [3.8, 4) is 11.1 Å². The number of carbonyl (C=O) groups excluding carboxylic acids is 1. The first-order chi connectivity index (χ1) is 14.9. The van der Waals surface area contributed by atoms with E-state index < -0.39 is 0 Å². The first-order valence-corrected chi connectivity index (χ1v) is 11.0. The van der Waals surface area contributed by atoms with Crippen LogP contribution in [-0.2, 0) is 0 Å². The fourth-order valence-corrected chi connectivity index (χ4v) is 4.42. The van der Waals surface area contributed by atoms with Crippen molar-refractivity contribution in [1.29, 1.82) is 0 Å². The molecular formula is C25H25Cl2N3O. The monoisotopic (exact) mass is 453 g/mol. The van der Waals surface area contributed by atoms with Gasteiger partial charge in [0.1, 0.15) is 0 Å². The molecule has 1 saturated heterocycles. The summed E-state index contributed by atoms with van der Waals surface area (Å²) in [6, 6.07) is 21.4. The average Bonchev–Trinajstić information content (AvgIpc) is 3.24. The minimum atomic E-state index is -0.141. The van der Waals surface area contributed by atoms with Gasteiger partial charge in [0.25, 0.3) is 5.91 Å². The van der Waals surface area contributed by atoms with E-state index in [2.05, 4.69) is 41.3 Å². The number of anilines is 2. The second-order valence-electron chi connectivity index (χ2n) is 8.09. The Morgan fingerprint density at radius 2 is 1.58 bits per heavy atom. The normalized spacial score (nSPS) is 16.0. The van der Waals surface area contributed by atoms with E-state index in [9.17, 15) is 4.79 Å². The maximum atomic E-state index is 12.7. The number of likely N-dealkylation sites (N-methyl/N-ethyl adjacent to an activating group) is 1. The number of benzene rings is 3. The summed E-state index contributed by atoms with van der Waals surface area (Å²) in [5.41, 5.74) is 4.43. The van der Waals surface area contributed by atoms with Crippen molar-refractivity contribution in [3.05, 3.63) is 82.3 Å². The van der Waals surface area contributed by atoms with Gasteiger partial charge in [0.05, 0.1) is 0 Å². The molecule has 1 fully saturated rings. The van der Waals surface area contributed by atoms with Crippen molar-refractivity contribution < 1.29 is 4.79 Å². The second kappa shape index (κ2) is 9.31. The van der Waals surface area contributed by atoms with Gasteiger partial charge in [-0.15, -0.1) is 0 Å². The zero-order valence-electron chi connectivity index (χ0n) is 17.6. The zero-order valence-corrected chi connectivity index (χ0v) is 19.1. The molecule has 1 heterocycles. The van der Waals surface area contributed by atoms with Crippen molar-refractivity contribution in [3.63, 3.8) is 0 Å². The molecule has 1 N–H and O–H groups in total. The van der Waals surface area contributed by atoms with Crippen molar-refractivity contribution in [2.75, 3.05) is 37.4 Å². The van der Waals surface area contributed by atoms with Crippen LogP contribution in [0.4, 0.5) is 11.4 Å². The number of nitrogens with one attached hydrogen (secondary N) is 1. The SMILES string of the molecule is CN(C)C1CCN(c2ccc(NC(=O)c3ccc(-c4cc(Cl)cc(Cl)c4)cc3)cc2)C1. The molecule has 1 aliphatic heterocycles. The van der Waals surface area contributed by atoms with Crippen molar-refractivity contribution in [2.24, 2.45) is 0 Å². The number of hydrogen-bond acceptors (Lipinski definition) is 3. The van der Waals surface area contributed by atoms with E-state index in [1.165, 1.54) is 12.1 Å². The zero-order chi connectivity index (χ0) is 22.0. The van der Waals surface area contributed by atoms with Crippen LogP contribution in [0.25, 0.3) is 11.1 Å². The molecule has 0 aromatic heterocycles. The van der Waals surface area contributed by atoms with E-state index in [1.54, 1.807) is 18.2 Å². The van der Waals surface area contributed by atoms with Gasteiger partial charge in [-0.05, 0) is 86.2 Å². The largest absolute Gasteiger partial charge is 0.370 e. The fraction of sp³-hybridized carbons (Fsp3) is 0.240. The number of carbonyl (C=O) groups is 1. The van der Waals surface area contributed by atoms with Gasteiger partial charge in [0.2, 0.25) is 0 Å². The predicted molar refractivity (Wildman–Crippen MR) is 131 cm³/mol. The minimum Gasteiger partial charge on any atom is -0.370 e. The Morgan fingerprint density at radius 3 is 2.16 bits per heavy atom. The minimum absolute atomic E-state index is 0.141. The molecule has 3 aromatic rings. The smallest absolute Gasteiger partial charge is 0.255 e. The molecule has 4 nitrogen and oxygen atoms in total. The van der Waals surface area contributed by atoms with Gasteiger partial charge in [-0.3, -0.25) is 4.79 Å². The van der Waals surface area contributed by atoms with Gasteiger partial charge in [0, 0.05) is 46.1 Å².